The Balaban J connectivity index is 3.07. The van der Waals surface area contributed by atoms with Crippen LogP contribution in [0.1, 0.15) is 20.3 Å². The fraction of sp³-hybridized carbons (Fsp3) is 0.300. The van der Waals surface area contributed by atoms with E-state index in [1.807, 2.05) is 12.2 Å². The van der Waals surface area contributed by atoms with Gasteiger partial charge in [0.05, 0.1) is 11.4 Å². The van der Waals surface area contributed by atoms with Crippen LogP contribution in [0, 0.1) is 0 Å². The smallest absolute Gasteiger partial charge is 0.0815 e. The van der Waals surface area contributed by atoms with Crippen LogP contribution in [-0.2, 0) is 0 Å². The van der Waals surface area contributed by atoms with Gasteiger partial charge in [0.15, 0.2) is 0 Å². The van der Waals surface area contributed by atoms with Gasteiger partial charge in [-0.3, -0.25) is 4.99 Å². The molecule has 0 amide bonds. The van der Waals surface area contributed by atoms with E-state index in [0.29, 0.717) is 5.70 Å². The Labute approximate surface area is 73.2 Å². The van der Waals surface area contributed by atoms with Crippen LogP contribution in [0.15, 0.2) is 39.7 Å². The molecule has 0 aliphatic heterocycles. The summed E-state index contributed by atoms with van der Waals surface area (Å²) in [6.45, 7) is 7.63. The Morgan fingerprint density at radius 1 is 1.50 bits per heavy atom. The van der Waals surface area contributed by atoms with Crippen molar-refractivity contribution < 1.29 is 0 Å². The van der Waals surface area contributed by atoms with E-state index in [-0.39, 0.29) is 0 Å². The van der Waals surface area contributed by atoms with Crippen LogP contribution in [-0.4, -0.2) is 6.72 Å². The largest absolute Gasteiger partial charge is 0.397 e. The maximum atomic E-state index is 5.77. The van der Waals surface area contributed by atoms with Crippen molar-refractivity contribution >= 4 is 6.72 Å². The monoisotopic (exact) mass is 162 g/mol. The number of hydrogen-bond acceptors (Lipinski definition) is 2. The normalized spacial score (nSPS) is 18.2. The average molecular weight is 162 g/mol. The lowest BCUT2D eigenvalue weighted by Crippen LogP contribution is -1.98. The molecular formula is C10H14N2. The molecule has 0 aromatic carbocycles. The highest BCUT2D eigenvalue weighted by Crippen LogP contribution is 2.19. The van der Waals surface area contributed by atoms with Crippen LogP contribution < -0.4 is 5.73 Å². The van der Waals surface area contributed by atoms with Crippen LogP contribution >= 0.6 is 0 Å². The minimum Gasteiger partial charge on any atom is -0.397 e. The second-order valence-corrected chi connectivity index (χ2v) is 3.01. The molecule has 1 aliphatic rings. The summed E-state index contributed by atoms with van der Waals surface area (Å²) in [4.78, 5) is 3.85. The zero-order chi connectivity index (χ0) is 9.14. The molecule has 0 saturated carbocycles. The maximum absolute atomic E-state index is 5.77. The summed E-state index contributed by atoms with van der Waals surface area (Å²) in [5.74, 6) is 0. The van der Waals surface area contributed by atoms with E-state index in [4.69, 9.17) is 5.73 Å². The molecular weight excluding hydrogens is 148 g/mol. The molecule has 0 spiro atoms. The van der Waals surface area contributed by atoms with Gasteiger partial charge < -0.3 is 5.73 Å². The van der Waals surface area contributed by atoms with E-state index in [1.54, 1.807) is 0 Å². The standard InChI is InChI=1S/C10H14N2/c1-7-4-5-10(12-3)9(11)6-8(7)2/h5-6H,3-4,11H2,1-2H3. The highest BCUT2D eigenvalue weighted by molar-refractivity contribution is 5.43. The number of nitrogens with zero attached hydrogens (tertiary/aromatic N) is 1. The number of aliphatic imine (C=N–C) groups is 1. The molecule has 2 N–H and O–H groups in total. The molecule has 2 nitrogen and oxygen atoms in total. The Morgan fingerprint density at radius 2 is 2.17 bits per heavy atom. The van der Waals surface area contributed by atoms with Crippen LogP contribution in [0.25, 0.3) is 0 Å². The van der Waals surface area contributed by atoms with Crippen LogP contribution in [0.5, 0.6) is 0 Å². The van der Waals surface area contributed by atoms with Crippen molar-refractivity contribution in [3.05, 3.63) is 34.7 Å². The number of rotatable bonds is 1. The second-order valence-electron chi connectivity index (χ2n) is 3.01. The Hall–Kier alpha value is -1.31. The molecule has 64 valence electrons. The quantitative estimate of drug-likeness (QED) is 0.589. The lowest BCUT2D eigenvalue weighted by atomic mass is 10.1. The van der Waals surface area contributed by atoms with Crippen molar-refractivity contribution in [2.75, 3.05) is 0 Å². The van der Waals surface area contributed by atoms with E-state index in [2.05, 4.69) is 25.6 Å². The maximum Gasteiger partial charge on any atom is 0.0815 e. The summed E-state index contributed by atoms with van der Waals surface area (Å²) in [5.41, 5.74) is 9.83. The van der Waals surface area contributed by atoms with Gasteiger partial charge >= 0.3 is 0 Å². The number of hydrogen-bond donors (Lipinski definition) is 1. The van der Waals surface area contributed by atoms with Crippen molar-refractivity contribution in [1.29, 1.82) is 0 Å². The van der Waals surface area contributed by atoms with Gasteiger partial charge in [-0.1, -0.05) is 11.6 Å². The Morgan fingerprint density at radius 3 is 2.75 bits per heavy atom. The number of nitrogens with two attached hydrogens (primary N) is 1. The fourth-order valence-electron chi connectivity index (χ4n) is 1.11. The summed E-state index contributed by atoms with van der Waals surface area (Å²) >= 11 is 0. The summed E-state index contributed by atoms with van der Waals surface area (Å²) < 4.78 is 0. The van der Waals surface area contributed by atoms with Crippen LogP contribution in [0.4, 0.5) is 0 Å². The molecule has 12 heavy (non-hydrogen) atoms. The molecule has 0 bridgehead atoms. The third kappa shape index (κ3) is 1.64. The van der Waals surface area contributed by atoms with E-state index >= 15 is 0 Å². The topological polar surface area (TPSA) is 38.4 Å². The summed E-state index contributed by atoms with van der Waals surface area (Å²) in [5, 5.41) is 0. The lowest BCUT2D eigenvalue weighted by Gasteiger charge is -1.98. The SMILES string of the molecule is C=NC1=CCC(C)=C(C)C=C1N. The number of allylic oxidation sites excluding steroid dienone is 4. The molecule has 1 rings (SSSR count). The zero-order valence-corrected chi connectivity index (χ0v) is 7.59. The lowest BCUT2D eigenvalue weighted by molar-refractivity contribution is 1.15. The molecule has 1 aliphatic carbocycles. The fourth-order valence-corrected chi connectivity index (χ4v) is 1.11. The Kier molecular flexibility index (Phi) is 2.48. The highest BCUT2D eigenvalue weighted by atomic mass is 14.8. The van der Waals surface area contributed by atoms with Gasteiger partial charge in [-0.05, 0) is 38.6 Å². The second kappa shape index (κ2) is 3.39. The predicted octanol–water partition coefficient (Wildman–Crippen LogP) is 2.15. The summed E-state index contributed by atoms with van der Waals surface area (Å²) in [7, 11) is 0. The average Bonchev–Trinajstić information content (AvgIpc) is 2.14. The van der Waals surface area contributed by atoms with Crippen molar-refractivity contribution in [2.45, 2.75) is 20.3 Å². The molecule has 0 unspecified atom stereocenters. The predicted molar refractivity (Wildman–Crippen MR) is 52.9 cm³/mol. The third-order valence-corrected chi connectivity index (χ3v) is 2.11. The van der Waals surface area contributed by atoms with E-state index in [0.717, 1.165) is 12.1 Å². The van der Waals surface area contributed by atoms with Gasteiger partial charge in [-0.2, -0.15) is 0 Å². The van der Waals surface area contributed by atoms with Gasteiger partial charge in [-0.15, -0.1) is 0 Å². The molecule has 0 radical (unpaired) electrons. The summed E-state index contributed by atoms with van der Waals surface area (Å²) in [6, 6.07) is 0. The van der Waals surface area contributed by atoms with Gasteiger partial charge in [-0.25, -0.2) is 0 Å². The van der Waals surface area contributed by atoms with Crippen molar-refractivity contribution in [3.8, 4) is 0 Å². The first kappa shape index (κ1) is 8.78. The molecule has 2 heteroatoms. The minimum absolute atomic E-state index is 0.708. The Bertz CT molecular complexity index is 293. The van der Waals surface area contributed by atoms with Crippen LogP contribution in [0.3, 0.4) is 0 Å². The van der Waals surface area contributed by atoms with Crippen molar-refractivity contribution in [3.63, 3.8) is 0 Å². The molecule has 0 fully saturated rings. The van der Waals surface area contributed by atoms with Gasteiger partial charge in [0.2, 0.25) is 0 Å². The van der Waals surface area contributed by atoms with Crippen molar-refractivity contribution in [1.82, 2.24) is 0 Å². The first-order valence-corrected chi connectivity index (χ1v) is 3.96. The molecule has 0 heterocycles. The minimum atomic E-state index is 0.708. The first-order valence-electron chi connectivity index (χ1n) is 3.96. The van der Waals surface area contributed by atoms with Crippen molar-refractivity contribution in [2.24, 2.45) is 10.7 Å². The van der Waals surface area contributed by atoms with Gasteiger partial charge in [0.25, 0.3) is 0 Å². The first-order chi connectivity index (χ1) is 5.65. The van der Waals surface area contributed by atoms with Gasteiger partial charge in [0.1, 0.15) is 0 Å². The van der Waals surface area contributed by atoms with E-state index in [1.165, 1.54) is 11.1 Å². The zero-order valence-electron chi connectivity index (χ0n) is 7.59. The molecule has 0 atom stereocenters. The van der Waals surface area contributed by atoms with E-state index < -0.39 is 0 Å². The molecule has 0 saturated heterocycles. The molecule has 0 aromatic rings. The molecule has 0 aromatic heterocycles. The van der Waals surface area contributed by atoms with Gasteiger partial charge in [0, 0.05) is 0 Å². The highest BCUT2D eigenvalue weighted by Gasteiger charge is 2.04. The van der Waals surface area contributed by atoms with E-state index in [9.17, 15) is 0 Å². The third-order valence-electron chi connectivity index (χ3n) is 2.11. The van der Waals surface area contributed by atoms with Crippen LogP contribution in [0.2, 0.25) is 0 Å². The summed E-state index contributed by atoms with van der Waals surface area (Å²) in [6.07, 6.45) is 4.87.